The number of hydrogen-bond acceptors (Lipinski definition) is 9. The van der Waals surface area contributed by atoms with Gasteiger partial charge in [-0.2, -0.15) is 0 Å². The van der Waals surface area contributed by atoms with Crippen LogP contribution in [0.3, 0.4) is 0 Å². The Hall–Kier alpha value is -2.53. The predicted molar refractivity (Wildman–Crippen MR) is 157 cm³/mol. The average molecular weight is 570 g/mol. The van der Waals surface area contributed by atoms with Gasteiger partial charge in [0.25, 0.3) is 0 Å². The maximum Gasteiger partial charge on any atom is 0.206 e. The largest absolute Gasteiger partial charge is 0.393 e. The van der Waals surface area contributed by atoms with E-state index >= 15 is 0 Å². The summed E-state index contributed by atoms with van der Waals surface area (Å²) in [6.07, 6.45) is 5.84. The van der Waals surface area contributed by atoms with Crippen molar-refractivity contribution in [3.63, 3.8) is 0 Å². The number of nitrogens with one attached hydrogen (secondary N) is 2. The SMILES string of the molecule is CN(C)Cc1cccc(S(=O)(=O)c2cc(Nc3nc4c(s3)CC(C)(C)CC4)nc(NC3CCC(O)CC3)c2)c1. The summed E-state index contributed by atoms with van der Waals surface area (Å²) in [6, 6.07) is 10.5. The molecule has 10 heteroatoms. The van der Waals surface area contributed by atoms with Crippen molar-refractivity contribution in [2.75, 3.05) is 24.7 Å². The van der Waals surface area contributed by atoms with E-state index in [9.17, 15) is 13.5 Å². The zero-order chi connectivity index (χ0) is 27.8. The molecular weight excluding hydrogens is 530 g/mol. The van der Waals surface area contributed by atoms with Crippen LogP contribution in [0.5, 0.6) is 0 Å². The van der Waals surface area contributed by atoms with Crippen LogP contribution in [0.25, 0.3) is 0 Å². The van der Waals surface area contributed by atoms with Crippen molar-refractivity contribution in [3.8, 4) is 0 Å². The van der Waals surface area contributed by atoms with Crippen LogP contribution in [0, 0.1) is 5.41 Å². The summed E-state index contributed by atoms with van der Waals surface area (Å²) in [5, 5.41) is 17.4. The molecular formula is C29H39N5O3S2. The van der Waals surface area contributed by atoms with E-state index in [-0.39, 0.29) is 27.4 Å². The molecule has 2 aliphatic rings. The summed E-state index contributed by atoms with van der Waals surface area (Å²) < 4.78 is 27.7. The quantitative estimate of drug-likeness (QED) is 0.331. The van der Waals surface area contributed by atoms with Crippen LogP contribution in [0.15, 0.2) is 46.2 Å². The number of anilines is 3. The van der Waals surface area contributed by atoms with Gasteiger partial charge in [-0.15, -0.1) is 11.3 Å². The number of rotatable bonds is 8. The lowest BCUT2D eigenvalue weighted by atomic mass is 9.79. The number of pyridine rings is 1. The number of thiazole rings is 1. The van der Waals surface area contributed by atoms with E-state index in [4.69, 9.17) is 9.97 Å². The predicted octanol–water partition coefficient (Wildman–Crippen LogP) is 5.41. The fourth-order valence-corrected chi connectivity index (χ4v) is 8.04. The van der Waals surface area contributed by atoms with Crippen molar-refractivity contribution in [1.82, 2.24) is 14.9 Å². The molecule has 2 heterocycles. The van der Waals surface area contributed by atoms with Gasteiger partial charge in [-0.1, -0.05) is 26.0 Å². The Kier molecular flexibility index (Phi) is 8.01. The molecule has 0 radical (unpaired) electrons. The summed E-state index contributed by atoms with van der Waals surface area (Å²) in [5.74, 6) is 0.955. The molecule has 0 aliphatic heterocycles. The van der Waals surface area contributed by atoms with E-state index < -0.39 is 9.84 Å². The standard InChI is InChI=1S/C29H39N5O3S2/c1-29(2)13-12-24-25(17-29)38-28(31-24)33-27-16-23(15-26(32-27)30-20-8-10-21(35)11-9-20)39(36,37)22-7-5-6-19(14-22)18-34(3)4/h5-7,14-16,20-21,35H,8-13,17-18H2,1-4H3,(H2,30,31,32,33). The number of nitrogens with zero attached hydrogens (tertiary/aromatic N) is 3. The maximum absolute atomic E-state index is 13.9. The lowest BCUT2D eigenvalue weighted by Crippen LogP contribution is -2.28. The molecule has 2 aliphatic carbocycles. The van der Waals surface area contributed by atoms with Crippen molar-refractivity contribution in [3.05, 3.63) is 52.5 Å². The van der Waals surface area contributed by atoms with Gasteiger partial charge in [-0.3, -0.25) is 0 Å². The lowest BCUT2D eigenvalue weighted by Gasteiger charge is -2.28. The van der Waals surface area contributed by atoms with Crippen LogP contribution in [-0.2, 0) is 29.2 Å². The Morgan fingerprint density at radius 2 is 1.79 bits per heavy atom. The van der Waals surface area contributed by atoms with Crippen LogP contribution in [-0.4, -0.2) is 54.6 Å². The third-order valence-electron chi connectivity index (χ3n) is 7.56. The van der Waals surface area contributed by atoms with Crippen molar-refractivity contribution in [2.45, 2.75) is 87.3 Å². The molecule has 39 heavy (non-hydrogen) atoms. The number of hydrogen-bond donors (Lipinski definition) is 3. The second kappa shape index (κ2) is 11.2. The minimum atomic E-state index is -3.80. The summed E-state index contributed by atoms with van der Waals surface area (Å²) in [7, 11) is 0.123. The normalized spacial score (nSPS) is 21.0. The highest BCUT2D eigenvalue weighted by Crippen LogP contribution is 2.39. The summed E-state index contributed by atoms with van der Waals surface area (Å²) in [4.78, 5) is 13.3. The van der Waals surface area contributed by atoms with Crippen molar-refractivity contribution in [1.29, 1.82) is 0 Å². The molecule has 3 N–H and O–H groups in total. The Morgan fingerprint density at radius 3 is 2.54 bits per heavy atom. The minimum absolute atomic E-state index is 0.129. The first-order valence-electron chi connectivity index (χ1n) is 13.7. The van der Waals surface area contributed by atoms with Crippen LogP contribution in [0.1, 0.15) is 62.1 Å². The van der Waals surface area contributed by atoms with Crippen LogP contribution < -0.4 is 10.6 Å². The zero-order valence-corrected chi connectivity index (χ0v) is 24.8. The van der Waals surface area contributed by atoms with Crippen molar-refractivity contribution < 1.29 is 13.5 Å². The van der Waals surface area contributed by atoms with Crippen molar-refractivity contribution >= 4 is 37.9 Å². The van der Waals surface area contributed by atoms with Gasteiger partial charge < -0.3 is 20.6 Å². The molecule has 0 unspecified atom stereocenters. The van der Waals surface area contributed by atoms with Gasteiger partial charge in [0.15, 0.2) is 5.13 Å². The molecule has 3 aromatic rings. The smallest absolute Gasteiger partial charge is 0.206 e. The first kappa shape index (κ1) is 28.0. The number of aromatic nitrogens is 2. The number of fused-ring (bicyclic) bond motifs is 1. The van der Waals surface area contributed by atoms with Gasteiger partial charge in [0.05, 0.1) is 21.6 Å². The van der Waals surface area contributed by atoms with Gasteiger partial charge in [-0.25, -0.2) is 18.4 Å². The van der Waals surface area contributed by atoms with E-state index in [0.29, 0.717) is 18.2 Å². The first-order valence-corrected chi connectivity index (χ1v) is 16.0. The molecule has 0 spiro atoms. The molecule has 210 valence electrons. The molecule has 0 amide bonds. The zero-order valence-electron chi connectivity index (χ0n) is 23.2. The molecule has 2 aromatic heterocycles. The van der Waals surface area contributed by atoms with Gasteiger partial charge in [0.1, 0.15) is 11.6 Å². The molecule has 1 saturated carbocycles. The van der Waals surface area contributed by atoms with E-state index in [1.165, 1.54) is 4.88 Å². The summed E-state index contributed by atoms with van der Waals surface area (Å²) >= 11 is 1.63. The maximum atomic E-state index is 13.9. The topological polar surface area (TPSA) is 107 Å². The van der Waals surface area contributed by atoms with Gasteiger partial charge in [-0.05, 0) is 88.2 Å². The average Bonchev–Trinajstić information content (AvgIpc) is 3.25. The van der Waals surface area contributed by atoms with Crippen LogP contribution >= 0.6 is 11.3 Å². The highest BCUT2D eigenvalue weighted by Gasteiger charge is 2.29. The van der Waals surface area contributed by atoms with Crippen LogP contribution in [0.2, 0.25) is 0 Å². The molecule has 5 rings (SSSR count). The number of benzene rings is 1. The first-order chi connectivity index (χ1) is 18.5. The molecule has 0 atom stereocenters. The monoisotopic (exact) mass is 569 g/mol. The molecule has 8 nitrogen and oxygen atoms in total. The third-order valence-corrected chi connectivity index (χ3v) is 10.3. The Morgan fingerprint density at radius 1 is 1.05 bits per heavy atom. The second-order valence-corrected chi connectivity index (χ2v) is 15.0. The van der Waals surface area contributed by atoms with Crippen molar-refractivity contribution in [2.24, 2.45) is 5.41 Å². The highest BCUT2D eigenvalue weighted by molar-refractivity contribution is 7.91. The molecule has 0 saturated heterocycles. The molecule has 1 aromatic carbocycles. The lowest BCUT2D eigenvalue weighted by molar-refractivity contribution is 0.126. The Labute approximate surface area is 235 Å². The van der Waals surface area contributed by atoms with Gasteiger partial charge >= 0.3 is 0 Å². The third kappa shape index (κ3) is 6.80. The van der Waals surface area contributed by atoms with E-state index in [1.807, 2.05) is 25.1 Å². The molecule has 0 bridgehead atoms. The Balaban J connectivity index is 1.48. The van der Waals surface area contributed by atoms with Gasteiger partial charge in [0, 0.05) is 23.5 Å². The van der Waals surface area contributed by atoms with E-state index in [2.05, 4.69) is 24.5 Å². The van der Waals surface area contributed by atoms with Gasteiger partial charge in [0.2, 0.25) is 9.84 Å². The minimum Gasteiger partial charge on any atom is -0.393 e. The van der Waals surface area contributed by atoms with Crippen LogP contribution in [0.4, 0.5) is 16.8 Å². The molecule has 1 fully saturated rings. The fourth-order valence-electron chi connectivity index (χ4n) is 5.40. The second-order valence-electron chi connectivity index (χ2n) is 12.0. The number of aryl methyl sites for hydroxylation is 1. The summed E-state index contributed by atoms with van der Waals surface area (Å²) in [6.45, 7) is 5.22. The number of aliphatic hydroxyl groups is 1. The highest BCUT2D eigenvalue weighted by atomic mass is 32.2. The summed E-state index contributed by atoms with van der Waals surface area (Å²) in [5.41, 5.74) is 2.32. The number of aliphatic hydroxyl groups excluding tert-OH is 1. The number of sulfone groups is 1. The fraction of sp³-hybridized carbons (Fsp3) is 0.517. The van der Waals surface area contributed by atoms with E-state index in [0.717, 1.165) is 61.3 Å². The Bertz CT molecular complexity index is 1430. The van der Waals surface area contributed by atoms with E-state index in [1.54, 1.807) is 41.7 Å².